The van der Waals surface area contributed by atoms with Gasteiger partial charge in [0.05, 0.1) is 19.1 Å². The maximum absolute atomic E-state index is 12.1. The lowest BCUT2D eigenvalue weighted by molar-refractivity contribution is -0.131. The number of rotatable bonds is 4. The molecule has 0 radical (unpaired) electrons. The van der Waals surface area contributed by atoms with E-state index in [1.54, 1.807) is 30.1 Å². The number of aromatic hydroxyl groups is 1. The van der Waals surface area contributed by atoms with Gasteiger partial charge in [-0.25, -0.2) is 0 Å². The van der Waals surface area contributed by atoms with Crippen LogP contribution in [-0.4, -0.2) is 55.3 Å². The fourth-order valence-electron chi connectivity index (χ4n) is 2.12. The van der Waals surface area contributed by atoms with Crippen LogP contribution in [0.5, 0.6) is 5.75 Å². The van der Waals surface area contributed by atoms with Crippen LogP contribution in [-0.2, 0) is 16.0 Å². The molecular weight excluding hydrogens is 244 g/mol. The molecule has 0 spiro atoms. The minimum absolute atomic E-state index is 0.0276. The molecule has 1 aromatic carbocycles. The highest BCUT2D eigenvalue weighted by Gasteiger charge is 2.18. The Hall–Kier alpha value is -1.59. The molecule has 1 amide bonds. The Morgan fingerprint density at radius 3 is 3.11 bits per heavy atom. The number of carbonyl (C=O) groups excluding carboxylic acids is 1. The van der Waals surface area contributed by atoms with Gasteiger partial charge in [0.25, 0.3) is 0 Å². The summed E-state index contributed by atoms with van der Waals surface area (Å²) < 4.78 is 5.57. The first-order valence-electron chi connectivity index (χ1n) is 6.49. The molecule has 1 unspecified atom stereocenters. The number of ether oxygens (including phenoxy) is 1. The predicted octanol–water partition coefficient (Wildman–Crippen LogP) is 0.382. The summed E-state index contributed by atoms with van der Waals surface area (Å²) in [6, 6.07) is 6.79. The average molecular weight is 264 g/mol. The van der Waals surface area contributed by atoms with Gasteiger partial charge in [-0.15, -0.1) is 0 Å². The van der Waals surface area contributed by atoms with Crippen molar-refractivity contribution < 1.29 is 14.6 Å². The van der Waals surface area contributed by atoms with Crippen molar-refractivity contribution in [2.24, 2.45) is 0 Å². The third kappa shape index (κ3) is 4.22. The SMILES string of the molecule is CN(CC1CNCCO1)C(=O)Cc1cccc(O)c1. The van der Waals surface area contributed by atoms with Crippen molar-refractivity contribution >= 4 is 5.91 Å². The van der Waals surface area contributed by atoms with E-state index >= 15 is 0 Å². The number of hydrogen-bond acceptors (Lipinski definition) is 4. The third-order valence-electron chi connectivity index (χ3n) is 3.17. The van der Waals surface area contributed by atoms with E-state index in [2.05, 4.69) is 5.32 Å². The highest BCUT2D eigenvalue weighted by Crippen LogP contribution is 2.12. The van der Waals surface area contributed by atoms with Crippen LogP contribution < -0.4 is 5.32 Å². The molecule has 2 N–H and O–H groups in total. The molecule has 1 aromatic rings. The molecule has 1 heterocycles. The Labute approximate surface area is 113 Å². The van der Waals surface area contributed by atoms with Gasteiger partial charge in [-0.3, -0.25) is 4.79 Å². The maximum Gasteiger partial charge on any atom is 0.226 e. The number of phenols is 1. The number of amides is 1. The van der Waals surface area contributed by atoms with Crippen LogP contribution in [0.2, 0.25) is 0 Å². The van der Waals surface area contributed by atoms with Gasteiger partial charge < -0.3 is 20.1 Å². The molecule has 0 saturated carbocycles. The van der Waals surface area contributed by atoms with Gasteiger partial charge in [-0.05, 0) is 17.7 Å². The van der Waals surface area contributed by atoms with E-state index in [4.69, 9.17) is 4.74 Å². The monoisotopic (exact) mass is 264 g/mol. The van der Waals surface area contributed by atoms with Gasteiger partial charge in [0, 0.05) is 26.7 Å². The Morgan fingerprint density at radius 2 is 2.42 bits per heavy atom. The molecule has 1 fully saturated rings. The van der Waals surface area contributed by atoms with Crippen LogP contribution in [0, 0.1) is 0 Å². The smallest absolute Gasteiger partial charge is 0.226 e. The lowest BCUT2D eigenvalue weighted by atomic mass is 10.1. The molecule has 1 aliphatic rings. The lowest BCUT2D eigenvalue weighted by Gasteiger charge is -2.28. The van der Waals surface area contributed by atoms with Crippen molar-refractivity contribution in [1.29, 1.82) is 0 Å². The van der Waals surface area contributed by atoms with E-state index in [0.29, 0.717) is 19.6 Å². The quantitative estimate of drug-likeness (QED) is 0.825. The Balaban J connectivity index is 1.84. The molecule has 2 rings (SSSR count). The van der Waals surface area contributed by atoms with Gasteiger partial charge in [-0.1, -0.05) is 12.1 Å². The molecule has 0 aromatic heterocycles. The zero-order valence-corrected chi connectivity index (χ0v) is 11.1. The predicted molar refractivity (Wildman–Crippen MR) is 72.1 cm³/mol. The summed E-state index contributed by atoms with van der Waals surface area (Å²) in [5.41, 5.74) is 0.819. The molecule has 0 bridgehead atoms. The molecule has 1 aliphatic heterocycles. The number of phenolic OH excluding ortho intramolecular Hbond substituents is 1. The first kappa shape index (κ1) is 13.8. The number of likely N-dealkylation sites (N-methyl/N-ethyl adjacent to an activating group) is 1. The van der Waals surface area contributed by atoms with Crippen LogP contribution in [0.1, 0.15) is 5.56 Å². The maximum atomic E-state index is 12.1. The van der Waals surface area contributed by atoms with Crippen LogP contribution in [0.25, 0.3) is 0 Å². The van der Waals surface area contributed by atoms with Crippen molar-refractivity contribution in [3.05, 3.63) is 29.8 Å². The molecule has 1 saturated heterocycles. The largest absolute Gasteiger partial charge is 0.508 e. The molecule has 0 aliphatic carbocycles. The minimum Gasteiger partial charge on any atom is -0.508 e. The third-order valence-corrected chi connectivity index (χ3v) is 3.17. The fraction of sp³-hybridized carbons (Fsp3) is 0.500. The number of nitrogens with one attached hydrogen (secondary N) is 1. The van der Waals surface area contributed by atoms with Crippen LogP contribution in [0.3, 0.4) is 0 Å². The molecule has 5 heteroatoms. The lowest BCUT2D eigenvalue weighted by Crippen LogP contribution is -2.46. The minimum atomic E-state index is 0.0276. The topological polar surface area (TPSA) is 61.8 Å². The standard InChI is InChI=1S/C14H20N2O3/c1-16(10-13-9-15-5-6-19-13)14(18)8-11-3-2-4-12(17)7-11/h2-4,7,13,15,17H,5-6,8-10H2,1H3. The van der Waals surface area contributed by atoms with Crippen molar-refractivity contribution in [1.82, 2.24) is 10.2 Å². The van der Waals surface area contributed by atoms with Gasteiger partial charge in [0.1, 0.15) is 5.75 Å². The first-order chi connectivity index (χ1) is 9.15. The van der Waals surface area contributed by atoms with Crippen molar-refractivity contribution in [3.63, 3.8) is 0 Å². The second-order valence-electron chi connectivity index (χ2n) is 4.82. The zero-order chi connectivity index (χ0) is 13.7. The Morgan fingerprint density at radius 1 is 1.58 bits per heavy atom. The van der Waals surface area contributed by atoms with E-state index in [1.165, 1.54) is 0 Å². The highest BCUT2D eigenvalue weighted by atomic mass is 16.5. The summed E-state index contributed by atoms with van der Waals surface area (Å²) in [5, 5.41) is 12.6. The molecule has 104 valence electrons. The van der Waals surface area contributed by atoms with E-state index in [-0.39, 0.29) is 17.8 Å². The van der Waals surface area contributed by atoms with E-state index in [9.17, 15) is 9.90 Å². The molecular formula is C14H20N2O3. The average Bonchev–Trinajstić information content (AvgIpc) is 2.40. The van der Waals surface area contributed by atoms with Crippen molar-refractivity contribution in [2.75, 3.05) is 33.3 Å². The van der Waals surface area contributed by atoms with Crippen molar-refractivity contribution in [3.8, 4) is 5.75 Å². The summed E-state index contributed by atoms with van der Waals surface area (Å²) in [7, 11) is 1.78. The van der Waals surface area contributed by atoms with Gasteiger partial charge in [0.2, 0.25) is 5.91 Å². The van der Waals surface area contributed by atoms with E-state index in [1.807, 2.05) is 6.07 Å². The number of carbonyl (C=O) groups is 1. The van der Waals surface area contributed by atoms with Crippen LogP contribution >= 0.6 is 0 Å². The van der Waals surface area contributed by atoms with Crippen LogP contribution in [0.15, 0.2) is 24.3 Å². The van der Waals surface area contributed by atoms with E-state index in [0.717, 1.165) is 18.7 Å². The molecule has 5 nitrogen and oxygen atoms in total. The Kier molecular flexibility index (Phi) is 4.76. The van der Waals surface area contributed by atoms with Gasteiger partial charge in [-0.2, -0.15) is 0 Å². The summed E-state index contributed by atoms with van der Waals surface area (Å²) in [6.45, 7) is 2.94. The van der Waals surface area contributed by atoms with E-state index < -0.39 is 0 Å². The van der Waals surface area contributed by atoms with Gasteiger partial charge >= 0.3 is 0 Å². The summed E-state index contributed by atoms with van der Waals surface area (Å²) >= 11 is 0. The number of nitrogens with zero attached hydrogens (tertiary/aromatic N) is 1. The second kappa shape index (κ2) is 6.54. The summed E-state index contributed by atoms with van der Waals surface area (Å²) in [5.74, 6) is 0.215. The summed E-state index contributed by atoms with van der Waals surface area (Å²) in [4.78, 5) is 13.7. The van der Waals surface area contributed by atoms with Crippen LogP contribution in [0.4, 0.5) is 0 Å². The Bertz CT molecular complexity index is 430. The highest BCUT2D eigenvalue weighted by molar-refractivity contribution is 5.78. The first-order valence-corrected chi connectivity index (χ1v) is 6.49. The number of hydrogen-bond donors (Lipinski definition) is 2. The number of morpholine rings is 1. The normalized spacial score (nSPS) is 19.1. The fourth-order valence-corrected chi connectivity index (χ4v) is 2.12. The van der Waals surface area contributed by atoms with Gasteiger partial charge in [0.15, 0.2) is 0 Å². The molecule has 19 heavy (non-hydrogen) atoms. The molecule has 1 atom stereocenters. The summed E-state index contributed by atoms with van der Waals surface area (Å²) in [6.07, 6.45) is 0.359. The number of benzene rings is 1. The zero-order valence-electron chi connectivity index (χ0n) is 11.1. The second-order valence-corrected chi connectivity index (χ2v) is 4.82. The van der Waals surface area contributed by atoms with Crippen molar-refractivity contribution in [2.45, 2.75) is 12.5 Å².